The zero-order valence-electron chi connectivity index (χ0n) is 15.8. The van der Waals surface area contributed by atoms with E-state index in [0.717, 1.165) is 45.0 Å². The molecule has 0 aromatic carbocycles. The van der Waals surface area contributed by atoms with E-state index in [1.54, 1.807) is 6.33 Å². The van der Waals surface area contributed by atoms with Crippen molar-refractivity contribution >= 4 is 5.82 Å². The minimum absolute atomic E-state index is 0.578. The van der Waals surface area contributed by atoms with Gasteiger partial charge in [0.15, 0.2) is 0 Å². The molecule has 0 saturated carbocycles. The van der Waals surface area contributed by atoms with Crippen LogP contribution in [0.15, 0.2) is 30.9 Å². The second-order valence-corrected chi connectivity index (χ2v) is 7.71. The highest BCUT2D eigenvalue weighted by molar-refractivity contribution is 5.40. The fourth-order valence-electron chi connectivity index (χ4n) is 4.27. The predicted octanol–water partition coefficient (Wildman–Crippen LogP) is 2.93. The Balaban J connectivity index is 1.29. The Hall–Kier alpha value is -1.95. The van der Waals surface area contributed by atoms with Gasteiger partial charge in [0.2, 0.25) is 0 Å². The van der Waals surface area contributed by atoms with E-state index in [2.05, 4.69) is 37.9 Å². The van der Waals surface area contributed by atoms with Crippen LogP contribution in [0.5, 0.6) is 0 Å². The predicted molar refractivity (Wildman–Crippen MR) is 103 cm³/mol. The van der Waals surface area contributed by atoms with Gasteiger partial charge in [-0.2, -0.15) is 5.10 Å². The smallest absolute Gasteiger partial charge is 0.132 e. The van der Waals surface area contributed by atoms with Crippen molar-refractivity contribution in [3.05, 3.63) is 36.5 Å². The first-order valence-electron chi connectivity index (χ1n) is 10.1. The fourth-order valence-corrected chi connectivity index (χ4v) is 4.27. The van der Waals surface area contributed by atoms with Crippen molar-refractivity contribution in [2.75, 3.05) is 31.1 Å². The zero-order chi connectivity index (χ0) is 17.8. The number of rotatable bonds is 6. The summed E-state index contributed by atoms with van der Waals surface area (Å²) in [6, 6.07) is 4.84. The van der Waals surface area contributed by atoms with E-state index in [0.29, 0.717) is 12.0 Å². The molecule has 0 spiro atoms. The van der Waals surface area contributed by atoms with E-state index in [1.165, 1.54) is 31.4 Å². The molecule has 2 aliphatic heterocycles. The van der Waals surface area contributed by atoms with Gasteiger partial charge in [-0.15, -0.1) is 0 Å². The monoisotopic (exact) mass is 354 g/mol. The van der Waals surface area contributed by atoms with Gasteiger partial charge < -0.3 is 9.80 Å². The van der Waals surface area contributed by atoms with E-state index in [1.807, 2.05) is 23.1 Å². The molecule has 2 aromatic rings. The molecular weight excluding hydrogens is 324 g/mol. The lowest BCUT2D eigenvalue weighted by molar-refractivity contribution is 0.149. The van der Waals surface area contributed by atoms with Crippen molar-refractivity contribution in [3.63, 3.8) is 0 Å². The second kappa shape index (κ2) is 8.16. The molecular formula is C20H30N6. The zero-order valence-corrected chi connectivity index (χ0v) is 15.8. The Bertz CT molecular complexity index is 671. The summed E-state index contributed by atoms with van der Waals surface area (Å²) < 4.78 is 2.03. The first kappa shape index (κ1) is 17.5. The maximum absolute atomic E-state index is 4.61. The Morgan fingerprint density at radius 3 is 2.65 bits per heavy atom. The van der Waals surface area contributed by atoms with Crippen LogP contribution in [0.4, 0.5) is 5.82 Å². The van der Waals surface area contributed by atoms with Crippen LogP contribution < -0.4 is 4.90 Å². The van der Waals surface area contributed by atoms with Gasteiger partial charge in [-0.25, -0.2) is 9.97 Å². The van der Waals surface area contributed by atoms with E-state index < -0.39 is 0 Å². The van der Waals surface area contributed by atoms with Crippen molar-refractivity contribution in [1.29, 1.82) is 0 Å². The minimum Gasteiger partial charge on any atom is -0.357 e. The number of piperidine rings is 1. The van der Waals surface area contributed by atoms with Gasteiger partial charge in [-0.05, 0) is 58.2 Å². The first-order valence-corrected chi connectivity index (χ1v) is 10.1. The number of likely N-dealkylation sites (tertiary alicyclic amines) is 1. The van der Waals surface area contributed by atoms with Crippen LogP contribution in [0.2, 0.25) is 0 Å². The number of anilines is 1. The molecule has 6 nitrogen and oxygen atoms in total. The van der Waals surface area contributed by atoms with Gasteiger partial charge in [0.25, 0.3) is 0 Å². The van der Waals surface area contributed by atoms with Crippen LogP contribution in [0.3, 0.4) is 0 Å². The number of aryl methyl sites for hydroxylation is 1. The molecule has 0 bridgehead atoms. The average Bonchev–Trinajstić information content (AvgIpc) is 3.40. The van der Waals surface area contributed by atoms with Crippen LogP contribution in [-0.2, 0) is 6.54 Å². The van der Waals surface area contributed by atoms with Crippen LogP contribution in [0.1, 0.15) is 50.6 Å². The fraction of sp³-hybridized carbons (Fsp3) is 0.650. The number of aromatic nitrogens is 4. The molecule has 140 valence electrons. The Morgan fingerprint density at radius 2 is 1.92 bits per heavy atom. The van der Waals surface area contributed by atoms with Gasteiger partial charge in [0.1, 0.15) is 12.1 Å². The van der Waals surface area contributed by atoms with E-state index in [-0.39, 0.29) is 0 Å². The molecule has 4 rings (SSSR count). The third-order valence-corrected chi connectivity index (χ3v) is 6.01. The standard InChI is InChI=1S/C20H30N6/c1-17(5-14-26-11-4-8-23-26)24-12-6-18(7-13-24)19-15-20(22-16-21-19)25-9-2-3-10-25/h4,8,11,15-18H,2-3,5-7,9-10,12-14H2,1H3. The molecule has 2 saturated heterocycles. The maximum atomic E-state index is 4.61. The highest BCUT2D eigenvalue weighted by atomic mass is 15.3. The van der Waals surface area contributed by atoms with Crippen LogP contribution in [0, 0.1) is 0 Å². The Morgan fingerprint density at radius 1 is 1.12 bits per heavy atom. The Kier molecular flexibility index (Phi) is 5.48. The van der Waals surface area contributed by atoms with Crippen molar-refractivity contribution < 1.29 is 0 Å². The summed E-state index contributed by atoms with van der Waals surface area (Å²) in [5.41, 5.74) is 1.24. The lowest BCUT2D eigenvalue weighted by Gasteiger charge is -2.36. The number of nitrogens with zero attached hydrogens (tertiary/aromatic N) is 6. The molecule has 2 aliphatic rings. The average molecular weight is 355 g/mol. The van der Waals surface area contributed by atoms with E-state index >= 15 is 0 Å². The highest BCUT2D eigenvalue weighted by Gasteiger charge is 2.25. The van der Waals surface area contributed by atoms with Crippen LogP contribution in [0.25, 0.3) is 0 Å². The number of hydrogen-bond donors (Lipinski definition) is 0. The summed E-state index contributed by atoms with van der Waals surface area (Å²) in [4.78, 5) is 14.1. The van der Waals surface area contributed by atoms with Crippen LogP contribution in [-0.4, -0.2) is 56.9 Å². The largest absolute Gasteiger partial charge is 0.357 e. The summed E-state index contributed by atoms with van der Waals surface area (Å²) in [6.07, 6.45) is 11.8. The summed E-state index contributed by atoms with van der Waals surface area (Å²) in [7, 11) is 0. The lowest BCUT2D eigenvalue weighted by atomic mass is 9.92. The topological polar surface area (TPSA) is 50.1 Å². The Labute approximate surface area is 156 Å². The third-order valence-electron chi connectivity index (χ3n) is 6.01. The molecule has 1 atom stereocenters. The first-order chi connectivity index (χ1) is 12.8. The molecule has 0 amide bonds. The van der Waals surface area contributed by atoms with Gasteiger partial charge in [-0.1, -0.05) is 0 Å². The van der Waals surface area contributed by atoms with Crippen molar-refractivity contribution in [1.82, 2.24) is 24.6 Å². The van der Waals surface area contributed by atoms with Crippen molar-refractivity contribution in [3.8, 4) is 0 Å². The van der Waals surface area contributed by atoms with Gasteiger partial charge >= 0.3 is 0 Å². The second-order valence-electron chi connectivity index (χ2n) is 7.71. The molecule has 1 unspecified atom stereocenters. The molecule has 0 N–H and O–H groups in total. The van der Waals surface area contributed by atoms with Crippen LogP contribution >= 0.6 is 0 Å². The van der Waals surface area contributed by atoms with Gasteiger partial charge in [0, 0.05) is 55.7 Å². The van der Waals surface area contributed by atoms with Gasteiger partial charge in [-0.3, -0.25) is 4.68 Å². The SMILES string of the molecule is CC(CCn1cccn1)N1CCC(c2cc(N3CCCC3)ncn2)CC1. The third kappa shape index (κ3) is 4.06. The lowest BCUT2D eigenvalue weighted by Crippen LogP contribution is -2.40. The van der Waals surface area contributed by atoms with Gasteiger partial charge in [0.05, 0.1) is 0 Å². The summed E-state index contributed by atoms with van der Waals surface area (Å²) in [6.45, 7) is 7.95. The summed E-state index contributed by atoms with van der Waals surface area (Å²) in [5.74, 6) is 1.71. The molecule has 4 heterocycles. The summed E-state index contributed by atoms with van der Waals surface area (Å²) >= 11 is 0. The van der Waals surface area contributed by atoms with E-state index in [9.17, 15) is 0 Å². The molecule has 2 fully saturated rings. The summed E-state index contributed by atoms with van der Waals surface area (Å²) in [5, 5.41) is 4.31. The van der Waals surface area contributed by atoms with Crippen molar-refractivity contribution in [2.24, 2.45) is 0 Å². The quantitative estimate of drug-likeness (QED) is 0.798. The van der Waals surface area contributed by atoms with E-state index in [4.69, 9.17) is 0 Å². The molecule has 6 heteroatoms. The molecule has 26 heavy (non-hydrogen) atoms. The maximum Gasteiger partial charge on any atom is 0.132 e. The van der Waals surface area contributed by atoms with Crippen molar-refractivity contribution in [2.45, 2.75) is 57.5 Å². The minimum atomic E-state index is 0.578. The highest BCUT2D eigenvalue weighted by Crippen LogP contribution is 2.30. The normalized spacial score (nSPS) is 20.6. The molecule has 0 aliphatic carbocycles. The number of hydrogen-bond acceptors (Lipinski definition) is 5. The molecule has 2 aromatic heterocycles. The molecule has 0 radical (unpaired) electrons.